The first-order valence-corrected chi connectivity index (χ1v) is 7.18. The van der Waals surface area contributed by atoms with Crippen LogP contribution in [0, 0.1) is 16.7 Å². The first-order valence-electron chi connectivity index (χ1n) is 5.70. The van der Waals surface area contributed by atoms with Crippen LogP contribution in [0.2, 0.25) is 0 Å². The van der Waals surface area contributed by atoms with Gasteiger partial charge in [0.05, 0.1) is 16.4 Å². The highest BCUT2D eigenvalue weighted by atomic mass is 32.2. The van der Waals surface area contributed by atoms with Crippen LogP contribution in [0.1, 0.15) is 31.1 Å². The van der Waals surface area contributed by atoms with Crippen molar-refractivity contribution in [2.24, 2.45) is 5.41 Å². The number of hydrogen-bond acceptors (Lipinski definition) is 4. The molecule has 1 N–H and O–H groups in total. The van der Waals surface area contributed by atoms with Gasteiger partial charge in [0.2, 0.25) is 10.0 Å². The third-order valence-electron chi connectivity index (χ3n) is 2.56. The Morgan fingerprint density at radius 2 is 2.05 bits per heavy atom. The van der Waals surface area contributed by atoms with Crippen LogP contribution in [-0.2, 0) is 10.0 Å². The molecule has 0 fully saturated rings. The van der Waals surface area contributed by atoms with E-state index < -0.39 is 15.4 Å². The molecule has 0 unspecified atom stereocenters. The summed E-state index contributed by atoms with van der Waals surface area (Å²) in [5.74, 6) is -0.200. The highest BCUT2D eigenvalue weighted by Gasteiger charge is 2.22. The number of nitrogens with one attached hydrogen (secondary N) is 1. The fraction of sp³-hybridized carbons (Fsp3) is 0.385. The molecule has 0 aromatic heterocycles. The third kappa shape index (κ3) is 4.16. The quantitative estimate of drug-likeness (QED) is 0.832. The van der Waals surface area contributed by atoms with Gasteiger partial charge in [-0.1, -0.05) is 12.1 Å². The maximum absolute atomic E-state index is 12.0. The molecule has 0 aliphatic heterocycles. The van der Waals surface area contributed by atoms with Gasteiger partial charge in [-0.05, 0) is 32.9 Å². The molecule has 0 saturated heterocycles. The number of nitriles is 1. The summed E-state index contributed by atoms with van der Waals surface area (Å²) in [4.78, 5) is 11.3. The number of benzene rings is 1. The van der Waals surface area contributed by atoms with E-state index in [1.165, 1.54) is 25.1 Å². The van der Waals surface area contributed by atoms with E-state index in [0.717, 1.165) is 0 Å². The summed E-state index contributed by atoms with van der Waals surface area (Å²) in [7, 11) is -3.71. The molecular formula is C13H16N2O3S. The van der Waals surface area contributed by atoms with Crippen LogP contribution in [0.3, 0.4) is 0 Å². The Hall–Kier alpha value is -1.71. The molecule has 1 aromatic rings. The maximum Gasteiger partial charge on any atom is 0.240 e. The van der Waals surface area contributed by atoms with E-state index >= 15 is 0 Å². The van der Waals surface area contributed by atoms with Crippen LogP contribution < -0.4 is 4.72 Å². The van der Waals surface area contributed by atoms with Gasteiger partial charge in [-0.3, -0.25) is 4.79 Å². The van der Waals surface area contributed by atoms with Gasteiger partial charge in [0.15, 0.2) is 5.78 Å². The van der Waals surface area contributed by atoms with E-state index in [2.05, 4.69) is 4.72 Å². The van der Waals surface area contributed by atoms with Crippen molar-refractivity contribution in [2.45, 2.75) is 25.7 Å². The Bertz CT molecular complexity index is 628. The molecule has 19 heavy (non-hydrogen) atoms. The Morgan fingerprint density at radius 1 is 1.42 bits per heavy atom. The van der Waals surface area contributed by atoms with Gasteiger partial charge in [0.1, 0.15) is 0 Å². The molecule has 0 aliphatic carbocycles. The second-order valence-electron chi connectivity index (χ2n) is 4.90. The van der Waals surface area contributed by atoms with Crippen molar-refractivity contribution in [3.63, 3.8) is 0 Å². The fourth-order valence-electron chi connectivity index (χ4n) is 1.28. The number of Topliss-reactive ketones (excluding diaryl/α,β-unsaturated/α-hetero) is 1. The molecule has 102 valence electrons. The van der Waals surface area contributed by atoms with E-state index in [0.29, 0.717) is 5.56 Å². The summed E-state index contributed by atoms with van der Waals surface area (Å²) in [6.45, 7) is 4.66. The Morgan fingerprint density at radius 3 is 2.58 bits per heavy atom. The molecule has 0 aliphatic rings. The molecule has 6 heteroatoms. The summed E-state index contributed by atoms with van der Waals surface area (Å²) < 4.78 is 26.4. The number of sulfonamides is 1. The average Bonchev–Trinajstić information content (AvgIpc) is 2.37. The van der Waals surface area contributed by atoms with Crippen LogP contribution in [0.5, 0.6) is 0 Å². The third-order valence-corrected chi connectivity index (χ3v) is 3.96. The monoisotopic (exact) mass is 280 g/mol. The summed E-state index contributed by atoms with van der Waals surface area (Å²) in [5.41, 5.74) is -0.451. The predicted molar refractivity (Wildman–Crippen MR) is 71.0 cm³/mol. The van der Waals surface area contributed by atoms with Crippen molar-refractivity contribution in [1.82, 2.24) is 4.72 Å². The molecule has 0 spiro atoms. The van der Waals surface area contributed by atoms with E-state index in [-0.39, 0.29) is 17.2 Å². The number of hydrogen-bond donors (Lipinski definition) is 1. The normalized spacial score (nSPS) is 11.9. The van der Waals surface area contributed by atoms with Crippen LogP contribution >= 0.6 is 0 Å². The molecule has 0 atom stereocenters. The summed E-state index contributed by atoms with van der Waals surface area (Å²) in [6, 6.07) is 7.82. The van der Waals surface area contributed by atoms with Gasteiger partial charge in [-0.2, -0.15) is 5.26 Å². The number of nitrogens with zero attached hydrogens (tertiary/aromatic N) is 1. The largest absolute Gasteiger partial charge is 0.295 e. The van der Waals surface area contributed by atoms with E-state index in [1.54, 1.807) is 19.9 Å². The minimum absolute atomic E-state index is 0.0101. The molecular weight excluding hydrogens is 264 g/mol. The zero-order valence-corrected chi connectivity index (χ0v) is 11.9. The second kappa shape index (κ2) is 5.51. The second-order valence-corrected chi connectivity index (χ2v) is 6.67. The van der Waals surface area contributed by atoms with Gasteiger partial charge in [0, 0.05) is 12.1 Å². The van der Waals surface area contributed by atoms with Crippen LogP contribution in [0.4, 0.5) is 0 Å². The summed E-state index contributed by atoms with van der Waals surface area (Å²) in [5, 5.41) is 8.85. The minimum Gasteiger partial charge on any atom is -0.295 e. The van der Waals surface area contributed by atoms with E-state index in [1.807, 2.05) is 6.07 Å². The Labute approximate surface area is 113 Å². The highest BCUT2D eigenvalue weighted by molar-refractivity contribution is 7.89. The minimum atomic E-state index is -3.71. The fourth-order valence-corrected chi connectivity index (χ4v) is 2.54. The summed E-state index contributed by atoms with van der Waals surface area (Å²) >= 11 is 0. The SMILES string of the molecule is CC(=O)c1cccc(S(=O)(=O)NCC(C)(C)C#N)c1. The molecule has 0 heterocycles. The van der Waals surface area contributed by atoms with Gasteiger partial charge in [-0.15, -0.1) is 0 Å². The van der Waals surface area contributed by atoms with Crippen LogP contribution in [0.25, 0.3) is 0 Å². The van der Waals surface area contributed by atoms with Gasteiger partial charge in [-0.25, -0.2) is 13.1 Å². The van der Waals surface area contributed by atoms with Gasteiger partial charge >= 0.3 is 0 Å². The summed E-state index contributed by atoms with van der Waals surface area (Å²) in [6.07, 6.45) is 0. The van der Waals surface area contributed by atoms with Crippen molar-refractivity contribution in [3.05, 3.63) is 29.8 Å². The Kier molecular flexibility index (Phi) is 4.45. The maximum atomic E-state index is 12.0. The van der Waals surface area contributed by atoms with Gasteiger partial charge in [0.25, 0.3) is 0 Å². The smallest absolute Gasteiger partial charge is 0.240 e. The van der Waals surface area contributed by atoms with Gasteiger partial charge < -0.3 is 0 Å². The first kappa shape index (κ1) is 15.3. The lowest BCUT2D eigenvalue weighted by Gasteiger charge is -2.16. The first-order chi connectivity index (χ1) is 8.68. The molecule has 0 saturated carbocycles. The number of carbonyl (C=O) groups excluding carboxylic acids is 1. The average molecular weight is 280 g/mol. The molecule has 0 bridgehead atoms. The number of rotatable bonds is 5. The lowest BCUT2D eigenvalue weighted by molar-refractivity contribution is 0.101. The molecule has 0 radical (unpaired) electrons. The topological polar surface area (TPSA) is 87.0 Å². The van der Waals surface area contributed by atoms with Crippen molar-refractivity contribution in [3.8, 4) is 6.07 Å². The Balaban J connectivity index is 2.99. The number of carbonyl (C=O) groups is 1. The standard InChI is InChI=1S/C13H16N2O3S/c1-10(16)11-5-4-6-12(7-11)19(17,18)15-9-13(2,3)8-14/h4-7,15H,9H2,1-3H3. The predicted octanol–water partition coefficient (Wildman–Crippen LogP) is 1.72. The number of ketones is 1. The van der Waals surface area contributed by atoms with Crippen LogP contribution in [0.15, 0.2) is 29.2 Å². The zero-order chi connectivity index (χ0) is 14.7. The van der Waals surface area contributed by atoms with Crippen LogP contribution in [-0.4, -0.2) is 20.7 Å². The van der Waals surface area contributed by atoms with E-state index in [4.69, 9.17) is 5.26 Å². The van der Waals surface area contributed by atoms with E-state index in [9.17, 15) is 13.2 Å². The lowest BCUT2D eigenvalue weighted by Crippen LogP contribution is -2.33. The van der Waals surface area contributed by atoms with Crippen molar-refractivity contribution in [2.75, 3.05) is 6.54 Å². The molecule has 5 nitrogen and oxygen atoms in total. The van der Waals surface area contributed by atoms with Crippen molar-refractivity contribution in [1.29, 1.82) is 5.26 Å². The molecule has 1 rings (SSSR count). The molecule has 1 aromatic carbocycles. The zero-order valence-electron chi connectivity index (χ0n) is 11.1. The van der Waals surface area contributed by atoms with Crippen molar-refractivity contribution < 1.29 is 13.2 Å². The lowest BCUT2D eigenvalue weighted by atomic mass is 9.97. The van der Waals surface area contributed by atoms with Crippen molar-refractivity contribution >= 4 is 15.8 Å². The highest BCUT2D eigenvalue weighted by Crippen LogP contribution is 2.15. The molecule has 0 amide bonds.